The fraction of sp³-hybridized carbons (Fsp3) is 0.0833. The Morgan fingerprint density at radius 2 is 1.73 bits per heavy atom. The van der Waals surface area contributed by atoms with Crippen LogP contribution in [0.5, 0.6) is 0 Å². The fourth-order valence-electron chi connectivity index (χ4n) is 3.20. The molecule has 0 saturated heterocycles. The Kier molecular flexibility index (Phi) is 5.48. The van der Waals surface area contributed by atoms with Crippen molar-refractivity contribution in [3.63, 3.8) is 0 Å². The Morgan fingerprint density at radius 1 is 0.933 bits per heavy atom. The van der Waals surface area contributed by atoms with Crippen LogP contribution in [0.2, 0.25) is 0 Å². The number of rotatable bonds is 5. The predicted octanol–water partition coefficient (Wildman–Crippen LogP) is 5.28. The zero-order valence-corrected chi connectivity index (χ0v) is 16.8. The number of carbonyl (C=O) groups is 1. The highest BCUT2D eigenvalue weighted by molar-refractivity contribution is 5.89. The summed E-state index contributed by atoms with van der Waals surface area (Å²) in [5.74, 6) is 0.448. The van der Waals surface area contributed by atoms with E-state index in [4.69, 9.17) is 4.98 Å². The van der Waals surface area contributed by atoms with Crippen LogP contribution in [0.3, 0.4) is 0 Å². The molecule has 0 radical (unpaired) electrons. The van der Waals surface area contributed by atoms with E-state index < -0.39 is 0 Å². The molecule has 30 heavy (non-hydrogen) atoms. The van der Waals surface area contributed by atoms with Crippen molar-refractivity contribution in [3.8, 4) is 11.3 Å². The molecule has 0 spiro atoms. The molecule has 0 fully saturated rings. The third kappa shape index (κ3) is 4.17. The molecule has 2 aromatic heterocycles. The number of anilines is 4. The van der Waals surface area contributed by atoms with E-state index in [2.05, 4.69) is 28.3 Å². The van der Waals surface area contributed by atoms with Gasteiger partial charge in [-0.05, 0) is 61.0 Å². The fourth-order valence-corrected chi connectivity index (χ4v) is 3.20. The standard InChI is InChI=1S/C24H21N5O/c1-17-6-3-4-8-23(17)29(21-11-9-20(10-12-21)27-18(2)30)24-26-15-13-22(28-24)19-7-5-14-25-16-19/h3-16H,1-2H3,(H,27,30). The molecule has 4 aromatic rings. The molecule has 148 valence electrons. The van der Waals surface area contributed by atoms with Crippen LogP contribution in [-0.4, -0.2) is 20.9 Å². The molecule has 0 aliphatic heterocycles. The van der Waals surface area contributed by atoms with Gasteiger partial charge >= 0.3 is 0 Å². The summed E-state index contributed by atoms with van der Waals surface area (Å²) in [5, 5.41) is 2.80. The molecular formula is C24H21N5O. The average Bonchev–Trinajstić information content (AvgIpc) is 2.77. The molecule has 1 N–H and O–H groups in total. The molecule has 4 rings (SSSR count). The number of aryl methyl sites for hydroxylation is 1. The predicted molar refractivity (Wildman–Crippen MR) is 119 cm³/mol. The van der Waals surface area contributed by atoms with Crippen LogP contribution in [0, 0.1) is 6.92 Å². The van der Waals surface area contributed by atoms with Crippen molar-refractivity contribution in [2.24, 2.45) is 0 Å². The topological polar surface area (TPSA) is 71.0 Å². The van der Waals surface area contributed by atoms with Crippen molar-refractivity contribution in [3.05, 3.63) is 90.9 Å². The summed E-state index contributed by atoms with van der Waals surface area (Å²) in [5.41, 5.74) is 5.42. The van der Waals surface area contributed by atoms with Gasteiger partial charge in [0.1, 0.15) is 0 Å². The van der Waals surface area contributed by atoms with Crippen molar-refractivity contribution in [2.75, 3.05) is 10.2 Å². The Balaban J connectivity index is 1.81. The van der Waals surface area contributed by atoms with Crippen molar-refractivity contribution >= 4 is 28.9 Å². The number of pyridine rings is 1. The van der Waals surface area contributed by atoms with E-state index >= 15 is 0 Å². The number of benzene rings is 2. The smallest absolute Gasteiger partial charge is 0.235 e. The summed E-state index contributed by atoms with van der Waals surface area (Å²) in [6.45, 7) is 3.55. The van der Waals surface area contributed by atoms with Gasteiger partial charge in [0.25, 0.3) is 0 Å². The minimum absolute atomic E-state index is 0.106. The summed E-state index contributed by atoms with van der Waals surface area (Å²) in [4.78, 5) is 26.9. The second kappa shape index (κ2) is 8.53. The molecule has 0 atom stereocenters. The number of para-hydroxylation sites is 1. The molecule has 2 aromatic carbocycles. The van der Waals surface area contributed by atoms with Gasteiger partial charge in [-0.2, -0.15) is 0 Å². The summed E-state index contributed by atoms with van der Waals surface area (Å²) >= 11 is 0. The van der Waals surface area contributed by atoms with E-state index in [1.807, 2.05) is 65.6 Å². The lowest BCUT2D eigenvalue weighted by molar-refractivity contribution is -0.114. The van der Waals surface area contributed by atoms with Gasteiger partial charge in [-0.15, -0.1) is 0 Å². The van der Waals surface area contributed by atoms with Gasteiger partial charge < -0.3 is 5.32 Å². The number of carbonyl (C=O) groups excluding carboxylic acids is 1. The van der Waals surface area contributed by atoms with E-state index in [1.54, 1.807) is 18.6 Å². The highest BCUT2D eigenvalue weighted by atomic mass is 16.1. The van der Waals surface area contributed by atoms with Crippen molar-refractivity contribution in [1.82, 2.24) is 15.0 Å². The van der Waals surface area contributed by atoms with Gasteiger partial charge in [-0.3, -0.25) is 14.7 Å². The molecule has 0 unspecified atom stereocenters. The molecule has 0 aliphatic rings. The molecule has 0 saturated carbocycles. The Labute approximate surface area is 175 Å². The van der Waals surface area contributed by atoms with Crippen LogP contribution in [0.15, 0.2) is 85.3 Å². The van der Waals surface area contributed by atoms with Crippen LogP contribution in [0.1, 0.15) is 12.5 Å². The zero-order chi connectivity index (χ0) is 20.9. The minimum atomic E-state index is -0.106. The second-order valence-corrected chi connectivity index (χ2v) is 6.83. The molecule has 1 amide bonds. The van der Waals surface area contributed by atoms with Gasteiger partial charge in [-0.1, -0.05) is 18.2 Å². The summed E-state index contributed by atoms with van der Waals surface area (Å²) in [7, 11) is 0. The molecule has 2 heterocycles. The van der Waals surface area contributed by atoms with Crippen LogP contribution >= 0.6 is 0 Å². The third-order valence-corrected chi connectivity index (χ3v) is 4.60. The first-order valence-corrected chi connectivity index (χ1v) is 9.59. The lowest BCUT2D eigenvalue weighted by atomic mass is 10.1. The molecule has 6 nitrogen and oxygen atoms in total. The van der Waals surface area contributed by atoms with Crippen molar-refractivity contribution in [2.45, 2.75) is 13.8 Å². The van der Waals surface area contributed by atoms with Crippen molar-refractivity contribution < 1.29 is 4.79 Å². The van der Waals surface area contributed by atoms with E-state index in [-0.39, 0.29) is 5.91 Å². The number of hydrogen-bond acceptors (Lipinski definition) is 5. The maximum absolute atomic E-state index is 11.3. The van der Waals surface area contributed by atoms with Gasteiger partial charge in [0.05, 0.1) is 11.4 Å². The van der Waals surface area contributed by atoms with Crippen LogP contribution in [0.25, 0.3) is 11.3 Å². The first-order valence-electron chi connectivity index (χ1n) is 9.59. The highest BCUT2D eigenvalue weighted by Crippen LogP contribution is 2.35. The van der Waals surface area contributed by atoms with Gasteiger partial charge in [-0.25, -0.2) is 9.97 Å². The zero-order valence-electron chi connectivity index (χ0n) is 16.8. The Morgan fingerprint density at radius 3 is 2.43 bits per heavy atom. The molecule has 0 bridgehead atoms. The summed E-state index contributed by atoms with van der Waals surface area (Å²) in [6, 6.07) is 21.4. The maximum Gasteiger partial charge on any atom is 0.235 e. The van der Waals surface area contributed by atoms with E-state index in [1.165, 1.54) is 6.92 Å². The second-order valence-electron chi connectivity index (χ2n) is 6.83. The van der Waals surface area contributed by atoms with Gasteiger partial charge in [0.2, 0.25) is 11.9 Å². The quantitative estimate of drug-likeness (QED) is 0.498. The minimum Gasteiger partial charge on any atom is -0.326 e. The molecule has 6 heteroatoms. The third-order valence-electron chi connectivity index (χ3n) is 4.60. The first-order chi connectivity index (χ1) is 14.6. The largest absolute Gasteiger partial charge is 0.326 e. The average molecular weight is 395 g/mol. The number of hydrogen-bond donors (Lipinski definition) is 1. The van der Waals surface area contributed by atoms with Crippen LogP contribution < -0.4 is 10.2 Å². The molecular weight excluding hydrogens is 374 g/mol. The van der Waals surface area contributed by atoms with E-state index in [9.17, 15) is 4.79 Å². The summed E-state index contributed by atoms with van der Waals surface area (Å²) < 4.78 is 0. The lowest BCUT2D eigenvalue weighted by Gasteiger charge is -2.25. The lowest BCUT2D eigenvalue weighted by Crippen LogP contribution is -2.15. The van der Waals surface area contributed by atoms with Gasteiger partial charge in [0, 0.05) is 42.5 Å². The summed E-state index contributed by atoms with van der Waals surface area (Å²) in [6.07, 6.45) is 5.27. The monoisotopic (exact) mass is 395 g/mol. The van der Waals surface area contributed by atoms with Crippen molar-refractivity contribution in [1.29, 1.82) is 0 Å². The Hall–Kier alpha value is -4.06. The van der Waals surface area contributed by atoms with Crippen LogP contribution in [0.4, 0.5) is 23.0 Å². The number of aromatic nitrogens is 3. The SMILES string of the molecule is CC(=O)Nc1ccc(N(c2nccc(-c3cccnc3)n2)c2ccccc2C)cc1. The first kappa shape index (κ1) is 19.3. The number of amides is 1. The van der Waals surface area contributed by atoms with Crippen LogP contribution in [-0.2, 0) is 4.79 Å². The van der Waals surface area contributed by atoms with E-state index in [0.717, 1.165) is 33.9 Å². The Bertz CT molecular complexity index is 1160. The van der Waals surface area contributed by atoms with E-state index in [0.29, 0.717) is 5.95 Å². The van der Waals surface area contributed by atoms with Gasteiger partial charge in [0.15, 0.2) is 0 Å². The number of nitrogens with one attached hydrogen (secondary N) is 1. The maximum atomic E-state index is 11.3. The molecule has 0 aliphatic carbocycles. The highest BCUT2D eigenvalue weighted by Gasteiger charge is 2.17. The number of nitrogens with zero attached hydrogens (tertiary/aromatic N) is 4. The normalized spacial score (nSPS) is 10.5.